The molecule has 0 aliphatic carbocycles. The van der Waals surface area contributed by atoms with E-state index in [0.29, 0.717) is 114 Å². The van der Waals surface area contributed by atoms with Crippen LogP contribution in [0.4, 0.5) is 13.2 Å². The lowest BCUT2D eigenvalue weighted by atomic mass is 9.50. The highest BCUT2D eigenvalue weighted by Gasteiger charge is 2.47. The molecule has 0 unspecified atom stereocenters. The SMILES string of the molecule is CNC(=O)CCCCOc1ccc(-c2c3/c(=C(\C#N)c4nc5cc(OC)ccc5s4)n(B(c4ccccc4)c4ccccc4)c(-c4ccc(OCCCCC(=O)NS(=O)(=O)C(F)(F)F)cc4)c3/c(=C(\C#N)c3nc4cc(OC)ccc4s3)n2B(c2ccccc2)c2ccccc2)cc1. The standard InChI is InChI=1S/C74H61B2F3N8O8S3/c1-82-64(88)28-16-18-42-94-54-34-30-48(31-35-54)68-66-67(71(59(47-81)73-84-61-45-57(93-3)39-41-63(61)97-73)86(68)75(50-20-8-4-9-21-50)51-22-10-5-11-23-51)69(49-32-36-55(37-33-49)95-43-19-17-29-65(89)85-98(90,91)74(77,78)79)87(76(52-24-12-6-13-25-52)53-26-14-7-15-27-53)70(66)58(46-80)72-83-60-44-56(92-2)38-40-62(60)96-72/h4-15,20-27,30-41,44-45H,16-19,28-29,42-43H2,1-3H3,(H,82,88)(H,85,89)/b70-58-,71-59-. The number of nitrogens with one attached hydrogen (secondary N) is 2. The number of aromatic nitrogens is 4. The van der Waals surface area contributed by atoms with Gasteiger partial charge in [0.15, 0.2) is 0 Å². The average Bonchev–Trinajstić information content (AvgIpc) is 1.52. The number of hydrogen-bond acceptors (Lipinski definition) is 14. The number of carbonyl (C=O) groups is 2. The number of nitrogens with zero attached hydrogens (tertiary/aromatic N) is 6. The van der Waals surface area contributed by atoms with Crippen LogP contribution in [0, 0.1) is 22.7 Å². The lowest BCUT2D eigenvalue weighted by Gasteiger charge is -2.24. The number of rotatable bonds is 25. The van der Waals surface area contributed by atoms with E-state index in [9.17, 15) is 41.7 Å². The van der Waals surface area contributed by atoms with E-state index in [-0.39, 0.29) is 36.5 Å². The molecule has 0 aliphatic heterocycles. The van der Waals surface area contributed by atoms with E-state index >= 15 is 0 Å². The average molecular weight is 1370 g/mol. The van der Waals surface area contributed by atoms with Crippen molar-refractivity contribution in [1.82, 2.24) is 29.0 Å². The van der Waals surface area contributed by atoms with Gasteiger partial charge in [0.1, 0.15) is 56.3 Å². The third-order valence-corrected chi connectivity index (χ3v) is 19.9. The second-order valence-electron chi connectivity index (χ2n) is 22.8. The third-order valence-electron chi connectivity index (χ3n) is 16.7. The topological polar surface area (TPSA) is 212 Å². The lowest BCUT2D eigenvalue weighted by Crippen LogP contribution is -2.54. The van der Waals surface area contributed by atoms with Gasteiger partial charge in [-0.3, -0.25) is 9.59 Å². The molecule has 8 aromatic carbocycles. The van der Waals surface area contributed by atoms with Gasteiger partial charge in [0.05, 0.1) is 58.6 Å². The summed E-state index contributed by atoms with van der Waals surface area (Å²) in [4.78, 5) is 35.1. The largest absolute Gasteiger partial charge is 0.516 e. The molecule has 16 nitrogen and oxygen atoms in total. The van der Waals surface area contributed by atoms with Crippen molar-refractivity contribution in [2.45, 2.75) is 44.0 Å². The van der Waals surface area contributed by atoms with Crippen LogP contribution < -0.4 is 61.5 Å². The van der Waals surface area contributed by atoms with E-state index in [1.54, 1.807) is 33.4 Å². The smallest absolute Gasteiger partial charge is 0.497 e. The predicted octanol–water partition coefficient (Wildman–Crippen LogP) is 10.6. The van der Waals surface area contributed by atoms with Crippen molar-refractivity contribution in [1.29, 1.82) is 10.5 Å². The Balaban J connectivity index is 1.24. The van der Waals surface area contributed by atoms with E-state index in [4.69, 9.17) is 28.9 Å². The Morgan fingerprint density at radius 1 is 0.520 bits per heavy atom. The zero-order chi connectivity index (χ0) is 68.5. The molecule has 0 radical (unpaired) electrons. The number of nitriles is 2. The Labute approximate surface area is 571 Å². The molecule has 4 heterocycles. The second-order valence-corrected chi connectivity index (χ2v) is 26.6. The van der Waals surface area contributed by atoms with Gasteiger partial charge in [0, 0.05) is 54.2 Å². The summed E-state index contributed by atoms with van der Waals surface area (Å²) in [5.41, 5.74) is 1.91. The maximum Gasteiger partial charge on any atom is 0.516 e. The maximum absolute atomic E-state index is 13.1. The van der Waals surface area contributed by atoms with Crippen molar-refractivity contribution >= 4 is 122 Å². The summed E-state index contributed by atoms with van der Waals surface area (Å²) in [6, 6.07) is 71.9. The number of benzene rings is 8. The summed E-state index contributed by atoms with van der Waals surface area (Å²) in [6.07, 6.45) is 1.29. The monoisotopic (exact) mass is 1360 g/mol. The summed E-state index contributed by atoms with van der Waals surface area (Å²) >= 11 is 2.71. The van der Waals surface area contributed by atoms with E-state index in [0.717, 1.165) is 36.0 Å². The number of alkyl halides is 3. The molecule has 0 saturated carbocycles. The van der Waals surface area contributed by atoms with Crippen LogP contribution in [0.2, 0.25) is 0 Å². The first kappa shape index (κ1) is 67.1. The van der Waals surface area contributed by atoms with Crippen LogP contribution in [-0.2, 0) is 19.6 Å². The highest BCUT2D eigenvalue weighted by Crippen LogP contribution is 2.40. The third kappa shape index (κ3) is 14.0. The number of unbranched alkanes of at least 4 members (excludes halogenated alkanes) is 2. The number of ether oxygens (including phenoxy) is 4. The molecular formula is C74H61B2F3N8O8S3. The molecule has 0 bridgehead atoms. The fourth-order valence-electron chi connectivity index (χ4n) is 12.1. The lowest BCUT2D eigenvalue weighted by molar-refractivity contribution is -0.121. The first-order valence-electron chi connectivity index (χ1n) is 31.4. The summed E-state index contributed by atoms with van der Waals surface area (Å²) in [5.74, 6) is 0.763. The zero-order valence-electron chi connectivity index (χ0n) is 53.2. The number of thiazole rings is 2. The van der Waals surface area contributed by atoms with Crippen LogP contribution in [0.3, 0.4) is 0 Å². The summed E-state index contributed by atoms with van der Waals surface area (Å²) in [5, 5.41) is 30.5. The Morgan fingerprint density at radius 3 is 1.21 bits per heavy atom. The molecule has 0 fully saturated rings. The molecule has 490 valence electrons. The van der Waals surface area contributed by atoms with Gasteiger partial charge in [-0.2, -0.15) is 32.1 Å². The van der Waals surface area contributed by atoms with Crippen molar-refractivity contribution in [3.8, 4) is 57.7 Å². The Hall–Kier alpha value is -10.9. The van der Waals surface area contributed by atoms with E-state index in [1.807, 2.05) is 170 Å². The molecule has 0 aliphatic rings. The predicted molar refractivity (Wildman–Crippen MR) is 381 cm³/mol. The number of methoxy groups -OCH3 is 2. The van der Waals surface area contributed by atoms with Crippen molar-refractivity contribution in [3.05, 3.63) is 227 Å². The molecule has 12 aromatic rings. The van der Waals surface area contributed by atoms with Gasteiger partial charge < -0.3 is 33.2 Å². The summed E-state index contributed by atoms with van der Waals surface area (Å²) < 4.78 is 93.8. The van der Waals surface area contributed by atoms with Gasteiger partial charge in [-0.25, -0.2) is 14.7 Å². The minimum Gasteiger partial charge on any atom is -0.497 e. The van der Waals surface area contributed by atoms with Crippen LogP contribution in [-0.4, -0.2) is 92.8 Å². The van der Waals surface area contributed by atoms with Crippen molar-refractivity contribution in [2.75, 3.05) is 34.5 Å². The highest BCUT2D eigenvalue weighted by molar-refractivity contribution is 7.90. The molecule has 24 heteroatoms. The Bertz CT molecular complexity index is 5060. The molecule has 0 spiro atoms. The summed E-state index contributed by atoms with van der Waals surface area (Å²) in [6.45, 7) is -1.07. The van der Waals surface area contributed by atoms with Gasteiger partial charge in [0.2, 0.25) is 11.8 Å². The van der Waals surface area contributed by atoms with Crippen molar-refractivity contribution < 1.29 is 50.1 Å². The highest BCUT2D eigenvalue weighted by atomic mass is 32.2. The second kappa shape index (κ2) is 29.6. The molecule has 98 heavy (non-hydrogen) atoms. The molecule has 0 atom stereocenters. The molecule has 2 amide bonds. The zero-order valence-corrected chi connectivity index (χ0v) is 55.7. The number of hydrogen-bond donors (Lipinski definition) is 2. The van der Waals surface area contributed by atoms with Gasteiger partial charge in [-0.15, -0.1) is 22.7 Å². The van der Waals surface area contributed by atoms with Crippen molar-refractivity contribution in [2.24, 2.45) is 0 Å². The normalized spacial score (nSPS) is 12.2. The summed E-state index contributed by atoms with van der Waals surface area (Å²) in [7, 11) is -1.09. The van der Waals surface area contributed by atoms with Gasteiger partial charge in [-0.1, -0.05) is 143 Å². The first-order valence-corrected chi connectivity index (χ1v) is 34.5. The Kier molecular flexibility index (Phi) is 20.3. The van der Waals surface area contributed by atoms with Crippen LogP contribution in [0.15, 0.2) is 206 Å². The van der Waals surface area contributed by atoms with Gasteiger partial charge in [-0.05, 0) is 110 Å². The molecule has 2 N–H and O–H groups in total. The van der Waals surface area contributed by atoms with Gasteiger partial charge in [0.25, 0.3) is 0 Å². The van der Waals surface area contributed by atoms with Crippen LogP contribution in [0.5, 0.6) is 23.0 Å². The number of fused-ring (bicyclic) bond motifs is 3. The van der Waals surface area contributed by atoms with E-state index in [2.05, 4.69) is 50.7 Å². The van der Waals surface area contributed by atoms with E-state index in [1.165, 1.54) is 22.7 Å². The fraction of sp³-hybridized carbons (Fsp3) is 0.162. The van der Waals surface area contributed by atoms with Crippen LogP contribution in [0.1, 0.15) is 48.5 Å². The number of sulfonamides is 1. The van der Waals surface area contributed by atoms with Gasteiger partial charge >= 0.3 is 29.2 Å². The number of carbonyl (C=O) groups excluding carboxylic acids is 2. The molecule has 0 saturated heterocycles. The fourth-order valence-corrected chi connectivity index (χ4v) is 14.5. The quantitative estimate of drug-likeness (QED) is 0.0404. The Morgan fingerprint density at radius 2 is 0.878 bits per heavy atom. The number of halogens is 3. The van der Waals surface area contributed by atoms with Crippen LogP contribution in [0.25, 0.3) is 64.9 Å². The molecule has 4 aromatic heterocycles. The number of amides is 2. The van der Waals surface area contributed by atoms with Crippen LogP contribution >= 0.6 is 22.7 Å². The molecular weight excluding hydrogens is 1300 g/mol. The minimum atomic E-state index is -5.87. The minimum absolute atomic E-state index is 0.00873. The molecule has 12 rings (SSSR count). The first-order chi connectivity index (χ1) is 47.6. The maximum atomic E-state index is 13.1. The van der Waals surface area contributed by atoms with E-state index < -0.39 is 41.6 Å². The van der Waals surface area contributed by atoms with Crippen molar-refractivity contribution in [3.63, 3.8) is 0 Å².